The molecule has 6 heteroatoms. The largest absolute Gasteiger partial charge is 0.324 e. The van der Waals surface area contributed by atoms with E-state index < -0.39 is 0 Å². The number of piperidine rings is 1. The lowest BCUT2D eigenvalue weighted by Gasteiger charge is -2.47. The smallest absolute Gasteiger partial charge is 0.321 e. The number of benzene rings is 1. The lowest BCUT2D eigenvalue weighted by Crippen LogP contribution is -2.54. The first-order valence-electron chi connectivity index (χ1n) is 8.88. The molecule has 3 fully saturated rings. The van der Waals surface area contributed by atoms with Crippen LogP contribution in [0.25, 0.3) is 0 Å². The van der Waals surface area contributed by atoms with Crippen LogP contribution in [0.15, 0.2) is 24.3 Å². The number of fused-ring (bicyclic) bond motifs is 1. The zero-order valence-electron chi connectivity index (χ0n) is 14.0. The Balaban J connectivity index is 1.43. The molecule has 24 heavy (non-hydrogen) atoms. The molecule has 1 aromatic rings. The number of amides is 2. The predicted molar refractivity (Wildman–Crippen MR) is 96.0 cm³/mol. The number of halogens is 1. The Labute approximate surface area is 148 Å². The number of likely N-dealkylation sites (tertiary alicyclic amines) is 1. The molecule has 1 saturated carbocycles. The molecule has 3 N–H and O–H groups in total. The zero-order chi connectivity index (χ0) is 16.7. The maximum absolute atomic E-state index is 12.6. The number of nitrogens with zero attached hydrogens (tertiary/aromatic N) is 1. The summed E-state index contributed by atoms with van der Waals surface area (Å²) in [5.74, 6) is 0.481. The highest BCUT2D eigenvalue weighted by molar-refractivity contribution is 6.30. The van der Waals surface area contributed by atoms with E-state index in [1.165, 1.54) is 19.3 Å². The minimum absolute atomic E-state index is 0.0277. The van der Waals surface area contributed by atoms with Crippen LogP contribution in [-0.2, 0) is 0 Å². The van der Waals surface area contributed by atoms with Gasteiger partial charge in [-0.2, -0.15) is 0 Å². The maximum Gasteiger partial charge on any atom is 0.321 e. The molecule has 0 radical (unpaired) electrons. The first-order chi connectivity index (χ1) is 11.5. The number of hydrazine groups is 1. The Kier molecular flexibility index (Phi) is 4.19. The first-order valence-corrected chi connectivity index (χ1v) is 9.25. The van der Waals surface area contributed by atoms with Crippen molar-refractivity contribution in [2.24, 2.45) is 11.3 Å². The Morgan fingerprint density at radius 2 is 2.21 bits per heavy atom. The number of urea groups is 1. The van der Waals surface area contributed by atoms with Gasteiger partial charge in [-0.05, 0) is 42.9 Å². The lowest BCUT2D eigenvalue weighted by molar-refractivity contribution is 0.0626. The van der Waals surface area contributed by atoms with Crippen molar-refractivity contribution < 1.29 is 4.79 Å². The minimum Gasteiger partial charge on any atom is -0.324 e. The second-order valence-corrected chi connectivity index (χ2v) is 8.16. The molecule has 2 amide bonds. The van der Waals surface area contributed by atoms with Gasteiger partial charge in [-0.3, -0.25) is 10.9 Å². The van der Waals surface area contributed by atoms with Crippen molar-refractivity contribution in [1.82, 2.24) is 15.8 Å². The molecule has 3 aliphatic rings. The van der Waals surface area contributed by atoms with Crippen molar-refractivity contribution in [3.63, 3.8) is 0 Å². The van der Waals surface area contributed by atoms with Gasteiger partial charge in [0, 0.05) is 41.8 Å². The summed E-state index contributed by atoms with van der Waals surface area (Å²) in [6.45, 7) is 3.96. The van der Waals surface area contributed by atoms with Gasteiger partial charge in [0.15, 0.2) is 0 Å². The van der Waals surface area contributed by atoms with E-state index in [-0.39, 0.29) is 6.03 Å². The van der Waals surface area contributed by atoms with E-state index in [0.29, 0.717) is 28.4 Å². The van der Waals surface area contributed by atoms with Gasteiger partial charge < -0.3 is 10.2 Å². The van der Waals surface area contributed by atoms with Gasteiger partial charge in [0.2, 0.25) is 0 Å². The maximum atomic E-state index is 12.6. The SMILES string of the molecule is CC1(C2NNC3CCN(C(=O)Nc4cccc(Cl)c4)CC32)CCC1. The van der Waals surface area contributed by atoms with Gasteiger partial charge in [-0.25, -0.2) is 4.79 Å². The fourth-order valence-corrected chi connectivity index (χ4v) is 4.68. The lowest BCUT2D eigenvalue weighted by atomic mass is 9.61. The van der Waals surface area contributed by atoms with E-state index in [1.54, 1.807) is 6.07 Å². The second-order valence-electron chi connectivity index (χ2n) is 7.72. The number of rotatable bonds is 2. The zero-order valence-corrected chi connectivity index (χ0v) is 14.8. The van der Waals surface area contributed by atoms with Crippen molar-refractivity contribution in [2.75, 3.05) is 18.4 Å². The van der Waals surface area contributed by atoms with E-state index in [2.05, 4.69) is 23.1 Å². The molecule has 130 valence electrons. The predicted octanol–water partition coefficient (Wildman–Crippen LogP) is 3.23. The van der Waals surface area contributed by atoms with Gasteiger partial charge in [-0.15, -0.1) is 0 Å². The van der Waals surface area contributed by atoms with Crippen molar-refractivity contribution in [3.05, 3.63) is 29.3 Å². The summed E-state index contributed by atoms with van der Waals surface area (Å²) in [5, 5.41) is 3.61. The number of carbonyl (C=O) groups excluding carboxylic acids is 1. The summed E-state index contributed by atoms with van der Waals surface area (Å²) >= 11 is 6.00. The average molecular weight is 349 g/mol. The van der Waals surface area contributed by atoms with Crippen molar-refractivity contribution in [1.29, 1.82) is 0 Å². The molecule has 2 aliphatic heterocycles. The van der Waals surface area contributed by atoms with Crippen molar-refractivity contribution >= 4 is 23.3 Å². The Morgan fingerprint density at radius 1 is 1.38 bits per heavy atom. The summed E-state index contributed by atoms with van der Waals surface area (Å²) in [5.41, 5.74) is 8.13. The molecule has 3 atom stereocenters. The summed E-state index contributed by atoms with van der Waals surface area (Å²) in [4.78, 5) is 14.6. The average Bonchev–Trinajstić information content (AvgIpc) is 2.96. The normalized spacial score (nSPS) is 31.2. The van der Waals surface area contributed by atoms with Crippen LogP contribution in [-0.4, -0.2) is 36.1 Å². The third kappa shape index (κ3) is 2.89. The highest BCUT2D eigenvalue weighted by Crippen LogP contribution is 2.48. The Morgan fingerprint density at radius 3 is 2.92 bits per heavy atom. The van der Waals surface area contributed by atoms with Crippen LogP contribution in [0.1, 0.15) is 32.6 Å². The summed E-state index contributed by atoms with van der Waals surface area (Å²) in [6.07, 6.45) is 4.88. The summed E-state index contributed by atoms with van der Waals surface area (Å²) in [7, 11) is 0. The molecular weight excluding hydrogens is 324 g/mol. The highest BCUT2D eigenvalue weighted by atomic mass is 35.5. The van der Waals surface area contributed by atoms with E-state index in [1.807, 2.05) is 23.1 Å². The van der Waals surface area contributed by atoms with Gasteiger partial charge in [-0.1, -0.05) is 31.0 Å². The molecule has 1 aliphatic carbocycles. The molecule has 5 nitrogen and oxygen atoms in total. The van der Waals surface area contributed by atoms with Crippen molar-refractivity contribution in [2.45, 2.75) is 44.7 Å². The molecule has 0 spiro atoms. The second kappa shape index (κ2) is 6.21. The highest BCUT2D eigenvalue weighted by Gasteiger charge is 2.50. The van der Waals surface area contributed by atoms with Crippen LogP contribution in [0, 0.1) is 11.3 Å². The first kappa shape index (κ1) is 16.2. The van der Waals surface area contributed by atoms with E-state index >= 15 is 0 Å². The van der Waals surface area contributed by atoms with Crippen LogP contribution >= 0.6 is 11.6 Å². The number of anilines is 1. The monoisotopic (exact) mass is 348 g/mol. The summed E-state index contributed by atoms with van der Waals surface area (Å²) in [6, 6.07) is 8.21. The van der Waals surface area contributed by atoms with Gasteiger partial charge >= 0.3 is 6.03 Å². The molecule has 2 heterocycles. The minimum atomic E-state index is -0.0277. The van der Waals surface area contributed by atoms with Crippen molar-refractivity contribution in [3.8, 4) is 0 Å². The number of hydrogen-bond donors (Lipinski definition) is 3. The summed E-state index contributed by atoms with van der Waals surface area (Å²) < 4.78 is 0. The van der Waals surface area contributed by atoms with E-state index in [4.69, 9.17) is 11.6 Å². The Bertz CT molecular complexity index is 633. The molecule has 1 aromatic carbocycles. The van der Waals surface area contributed by atoms with Gasteiger partial charge in [0.25, 0.3) is 0 Å². The topological polar surface area (TPSA) is 56.4 Å². The van der Waals surface area contributed by atoms with E-state index in [9.17, 15) is 4.79 Å². The third-order valence-electron chi connectivity index (χ3n) is 6.12. The fourth-order valence-electron chi connectivity index (χ4n) is 4.49. The quantitative estimate of drug-likeness (QED) is 0.769. The molecule has 0 bridgehead atoms. The van der Waals surface area contributed by atoms with Crippen LogP contribution in [0.5, 0.6) is 0 Å². The van der Waals surface area contributed by atoms with Gasteiger partial charge in [0.1, 0.15) is 0 Å². The number of hydrogen-bond acceptors (Lipinski definition) is 3. The van der Waals surface area contributed by atoms with E-state index in [0.717, 1.165) is 25.2 Å². The molecule has 4 rings (SSSR count). The molecule has 2 saturated heterocycles. The molecule has 0 aromatic heterocycles. The fraction of sp³-hybridized carbons (Fsp3) is 0.611. The van der Waals surface area contributed by atoms with Gasteiger partial charge in [0.05, 0.1) is 0 Å². The van der Waals surface area contributed by atoms with Crippen LogP contribution in [0.3, 0.4) is 0 Å². The Hall–Kier alpha value is -1.30. The van der Waals surface area contributed by atoms with Crippen LogP contribution in [0.4, 0.5) is 10.5 Å². The standard InChI is InChI=1S/C18H25ClN4O/c1-18(7-3-8-18)16-14-11-23(9-6-15(14)21-22-16)17(24)20-13-5-2-4-12(19)10-13/h2,4-5,10,14-16,21-22H,3,6-9,11H2,1H3,(H,20,24). The van der Waals surface area contributed by atoms with Crippen LogP contribution in [0.2, 0.25) is 5.02 Å². The third-order valence-corrected chi connectivity index (χ3v) is 6.36. The molecular formula is C18H25ClN4O. The number of nitrogens with one attached hydrogen (secondary N) is 3. The number of carbonyl (C=O) groups is 1. The van der Waals surface area contributed by atoms with Crippen LogP contribution < -0.4 is 16.2 Å². The molecule has 3 unspecified atom stereocenters.